The van der Waals surface area contributed by atoms with Gasteiger partial charge >= 0.3 is 12.1 Å². The first-order valence-corrected chi connectivity index (χ1v) is 11.0. The van der Waals surface area contributed by atoms with Gasteiger partial charge in [0, 0.05) is 35.4 Å². The minimum atomic E-state index is -5.08. The van der Waals surface area contributed by atoms with Crippen LogP contribution in [-0.4, -0.2) is 59.4 Å². The minimum absolute atomic E-state index is 0.114. The number of nitrogens with zero attached hydrogens (tertiary/aromatic N) is 1. The zero-order chi connectivity index (χ0) is 21.9. The maximum atomic E-state index is 12.2. The SMILES string of the molecule is Cc1ccc(CN2CC[C@H]3O[C@@H](C(=O)NCC4CC4)CC[C@H]32)s1.O=C(O)C(F)(F)F. The van der Waals surface area contributed by atoms with Crippen LogP contribution < -0.4 is 5.32 Å². The summed E-state index contributed by atoms with van der Waals surface area (Å²) >= 11 is 1.89. The summed E-state index contributed by atoms with van der Waals surface area (Å²) in [5.41, 5.74) is 0. The Balaban J connectivity index is 0.000000318. The Bertz CT molecular complexity index is 751. The Morgan fingerprint density at radius 2 is 1.93 bits per heavy atom. The topological polar surface area (TPSA) is 78.9 Å². The first-order chi connectivity index (χ1) is 14.1. The van der Waals surface area contributed by atoms with Crippen LogP contribution in [0.25, 0.3) is 0 Å². The van der Waals surface area contributed by atoms with Crippen molar-refractivity contribution >= 4 is 23.2 Å². The van der Waals surface area contributed by atoms with Crippen molar-refractivity contribution in [3.05, 3.63) is 21.9 Å². The predicted octanol–water partition coefficient (Wildman–Crippen LogP) is 3.34. The van der Waals surface area contributed by atoms with Crippen LogP contribution in [0.5, 0.6) is 0 Å². The van der Waals surface area contributed by atoms with Crippen LogP contribution in [0.3, 0.4) is 0 Å². The van der Waals surface area contributed by atoms with E-state index in [1.807, 2.05) is 11.3 Å². The van der Waals surface area contributed by atoms with Crippen LogP contribution in [0.15, 0.2) is 12.1 Å². The molecule has 3 atom stereocenters. The van der Waals surface area contributed by atoms with E-state index < -0.39 is 12.1 Å². The summed E-state index contributed by atoms with van der Waals surface area (Å²) < 4.78 is 37.9. The molecule has 3 fully saturated rings. The maximum absolute atomic E-state index is 12.2. The maximum Gasteiger partial charge on any atom is 0.490 e. The number of amides is 1. The summed E-state index contributed by atoms with van der Waals surface area (Å²) in [7, 11) is 0. The molecule has 4 rings (SSSR count). The van der Waals surface area contributed by atoms with E-state index in [1.54, 1.807) is 0 Å². The van der Waals surface area contributed by atoms with E-state index in [0.717, 1.165) is 44.8 Å². The van der Waals surface area contributed by atoms with Gasteiger partial charge in [-0.2, -0.15) is 13.2 Å². The molecule has 3 heterocycles. The largest absolute Gasteiger partial charge is 0.490 e. The Kier molecular flexibility index (Phi) is 7.41. The summed E-state index contributed by atoms with van der Waals surface area (Å²) in [6, 6.07) is 4.93. The van der Waals surface area contributed by atoms with Gasteiger partial charge in [-0.05, 0) is 57.1 Å². The first kappa shape index (κ1) is 23.0. The second kappa shape index (κ2) is 9.65. The molecule has 168 valence electrons. The fourth-order valence-corrected chi connectivity index (χ4v) is 4.77. The Labute approximate surface area is 177 Å². The van der Waals surface area contributed by atoms with Gasteiger partial charge in [0.05, 0.1) is 6.10 Å². The number of hydrogen-bond donors (Lipinski definition) is 2. The summed E-state index contributed by atoms with van der Waals surface area (Å²) in [5, 5.41) is 10.2. The van der Waals surface area contributed by atoms with Gasteiger partial charge in [-0.15, -0.1) is 11.3 Å². The zero-order valence-electron chi connectivity index (χ0n) is 16.8. The lowest BCUT2D eigenvalue weighted by Crippen LogP contribution is -2.47. The number of rotatable bonds is 5. The number of hydrogen-bond acceptors (Lipinski definition) is 5. The molecule has 0 unspecified atom stereocenters. The molecule has 1 aromatic rings. The quantitative estimate of drug-likeness (QED) is 0.723. The van der Waals surface area contributed by atoms with Gasteiger partial charge in [-0.1, -0.05) is 0 Å². The highest BCUT2D eigenvalue weighted by Gasteiger charge is 2.42. The third-order valence-corrected chi connectivity index (χ3v) is 6.60. The molecule has 6 nitrogen and oxygen atoms in total. The molecule has 2 N–H and O–H groups in total. The monoisotopic (exact) mass is 448 g/mol. The molecule has 1 amide bonds. The van der Waals surface area contributed by atoms with Crippen LogP contribution >= 0.6 is 11.3 Å². The molecule has 0 radical (unpaired) electrons. The molecule has 1 aliphatic carbocycles. The number of alkyl halides is 3. The number of carbonyl (C=O) groups is 2. The molecule has 10 heteroatoms. The number of carboxylic acid groups (broad SMARTS) is 1. The number of fused-ring (bicyclic) bond motifs is 1. The molecular weight excluding hydrogens is 421 g/mol. The molecule has 0 bridgehead atoms. The molecule has 0 aromatic carbocycles. The summed E-state index contributed by atoms with van der Waals surface area (Å²) in [4.78, 5) is 26.5. The van der Waals surface area contributed by atoms with Crippen LogP contribution in [-0.2, 0) is 20.9 Å². The fraction of sp³-hybridized carbons (Fsp3) is 0.700. The Hall–Kier alpha value is -1.65. The van der Waals surface area contributed by atoms with E-state index in [-0.39, 0.29) is 18.1 Å². The van der Waals surface area contributed by atoms with Crippen molar-refractivity contribution in [1.29, 1.82) is 0 Å². The van der Waals surface area contributed by atoms with Gasteiger partial charge in [0.25, 0.3) is 0 Å². The standard InChI is InChI=1S/C18H26N2O2S.C2HF3O2/c1-12-2-5-14(23-12)11-20-9-8-16-15(20)6-7-17(22-16)18(21)19-10-13-3-4-13;3-2(4,5)1(6)7/h2,5,13,15-17H,3-4,6-11H2,1H3,(H,19,21);(H,6,7)/t15-,16-,17-;/m1./s1. The van der Waals surface area contributed by atoms with Crippen LogP contribution in [0.1, 0.15) is 41.9 Å². The summed E-state index contributed by atoms with van der Waals surface area (Å²) in [5.74, 6) is -1.92. The second-order valence-corrected chi connectivity index (χ2v) is 9.44. The molecule has 2 aliphatic heterocycles. The molecule has 0 spiro atoms. The van der Waals surface area contributed by atoms with E-state index in [4.69, 9.17) is 14.6 Å². The van der Waals surface area contributed by atoms with Crippen molar-refractivity contribution in [3.63, 3.8) is 0 Å². The van der Waals surface area contributed by atoms with E-state index in [2.05, 4.69) is 29.3 Å². The molecule has 30 heavy (non-hydrogen) atoms. The lowest BCUT2D eigenvalue weighted by atomic mass is 9.98. The number of nitrogens with one attached hydrogen (secondary N) is 1. The molecular formula is C20H27F3N2O4S. The van der Waals surface area contributed by atoms with Crippen LogP contribution in [0, 0.1) is 12.8 Å². The van der Waals surface area contributed by atoms with Gasteiger partial charge < -0.3 is 15.2 Å². The number of carbonyl (C=O) groups excluding carboxylic acids is 1. The highest BCUT2D eigenvalue weighted by atomic mass is 32.1. The van der Waals surface area contributed by atoms with Crippen molar-refractivity contribution in [2.24, 2.45) is 5.92 Å². The number of aliphatic carboxylic acids is 1. The van der Waals surface area contributed by atoms with Crippen molar-refractivity contribution in [2.45, 2.75) is 70.0 Å². The van der Waals surface area contributed by atoms with Crippen molar-refractivity contribution in [3.8, 4) is 0 Å². The normalized spacial score (nSPS) is 26.5. The Morgan fingerprint density at radius 1 is 1.23 bits per heavy atom. The molecule has 3 aliphatic rings. The number of ether oxygens (including phenoxy) is 1. The lowest BCUT2D eigenvalue weighted by molar-refractivity contribution is -0.192. The third kappa shape index (κ3) is 6.42. The van der Waals surface area contributed by atoms with Crippen molar-refractivity contribution < 1.29 is 32.6 Å². The smallest absolute Gasteiger partial charge is 0.475 e. The number of aryl methyl sites for hydroxylation is 1. The van der Waals surface area contributed by atoms with Gasteiger partial charge in [-0.3, -0.25) is 9.69 Å². The highest BCUT2D eigenvalue weighted by Crippen LogP contribution is 2.33. The van der Waals surface area contributed by atoms with E-state index in [0.29, 0.717) is 6.04 Å². The van der Waals surface area contributed by atoms with Crippen molar-refractivity contribution in [1.82, 2.24) is 10.2 Å². The molecule has 2 saturated heterocycles. The summed E-state index contributed by atoms with van der Waals surface area (Å²) in [6.07, 6.45) is 0.470. The zero-order valence-corrected chi connectivity index (χ0v) is 17.6. The van der Waals surface area contributed by atoms with E-state index >= 15 is 0 Å². The lowest BCUT2D eigenvalue weighted by Gasteiger charge is -2.35. The second-order valence-electron chi connectivity index (χ2n) is 8.07. The van der Waals surface area contributed by atoms with Gasteiger partial charge in [-0.25, -0.2) is 4.79 Å². The van der Waals surface area contributed by atoms with Gasteiger partial charge in [0.15, 0.2) is 0 Å². The minimum Gasteiger partial charge on any atom is -0.475 e. The predicted molar refractivity (Wildman–Crippen MR) is 105 cm³/mol. The molecule has 1 saturated carbocycles. The van der Waals surface area contributed by atoms with Crippen LogP contribution in [0.2, 0.25) is 0 Å². The van der Waals surface area contributed by atoms with E-state index in [9.17, 15) is 18.0 Å². The first-order valence-electron chi connectivity index (χ1n) is 10.2. The van der Waals surface area contributed by atoms with Gasteiger partial charge in [0.2, 0.25) is 5.91 Å². The fourth-order valence-electron chi connectivity index (χ4n) is 3.85. The average molecular weight is 449 g/mol. The van der Waals surface area contributed by atoms with Crippen LogP contribution in [0.4, 0.5) is 13.2 Å². The number of likely N-dealkylation sites (tertiary alicyclic amines) is 1. The van der Waals surface area contributed by atoms with Gasteiger partial charge in [0.1, 0.15) is 6.10 Å². The number of carboxylic acids is 1. The molecule has 1 aromatic heterocycles. The Morgan fingerprint density at radius 3 is 2.50 bits per heavy atom. The van der Waals surface area contributed by atoms with Crippen molar-refractivity contribution in [2.75, 3.05) is 13.1 Å². The summed E-state index contributed by atoms with van der Waals surface area (Å²) in [6.45, 7) is 5.12. The highest BCUT2D eigenvalue weighted by molar-refractivity contribution is 7.11. The number of thiophene rings is 1. The number of halogens is 3. The average Bonchev–Trinajstić information content (AvgIpc) is 3.30. The van der Waals surface area contributed by atoms with E-state index in [1.165, 1.54) is 22.6 Å². The third-order valence-electron chi connectivity index (χ3n) is 5.61.